The summed E-state index contributed by atoms with van der Waals surface area (Å²) in [5, 5.41) is 8.67. The van der Waals surface area contributed by atoms with Crippen LogP contribution >= 0.6 is 0 Å². The zero-order valence-corrected chi connectivity index (χ0v) is 7.85. The SMILES string of the molecule is CC(C)C(C)OC(=O)CO[N+](=O)[O-]. The lowest BCUT2D eigenvalue weighted by Gasteiger charge is -2.15. The Morgan fingerprint density at radius 3 is 2.38 bits per heavy atom. The first kappa shape index (κ1) is 11.7. The second-order valence-corrected chi connectivity index (χ2v) is 2.94. The summed E-state index contributed by atoms with van der Waals surface area (Å²) in [6.45, 7) is 4.83. The Labute approximate surface area is 75.9 Å². The van der Waals surface area contributed by atoms with Crippen LogP contribution < -0.4 is 0 Å². The molecule has 0 amide bonds. The van der Waals surface area contributed by atoms with Crippen LogP contribution in [0, 0.1) is 16.0 Å². The van der Waals surface area contributed by atoms with Crippen molar-refractivity contribution in [1.82, 2.24) is 0 Å². The normalized spacial score (nSPS) is 12.3. The van der Waals surface area contributed by atoms with Gasteiger partial charge in [-0.2, -0.15) is 0 Å². The van der Waals surface area contributed by atoms with Crippen LogP contribution in [0.25, 0.3) is 0 Å². The van der Waals surface area contributed by atoms with Crippen LogP contribution in [-0.4, -0.2) is 23.8 Å². The van der Waals surface area contributed by atoms with Crippen LogP contribution in [0.4, 0.5) is 0 Å². The fraction of sp³-hybridized carbons (Fsp3) is 0.857. The summed E-state index contributed by atoms with van der Waals surface area (Å²) in [5.74, 6) is -0.544. The Kier molecular flexibility index (Phi) is 4.79. The van der Waals surface area contributed by atoms with Crippen LogP contribution in [0.15, 0.2) is 0 Å². The highest BCUT2D eigenvalue weighted by molar-refractivity contribution is 5.70. The summed E-state index contributed by atoms with van der Waals surface area (Å²) in [4.78, 5) is 24.3. The summed E-state index contributed by atoms with van der Waals surface area (Å²) in [7, 11) is 0. The van der Waals surface area contributed by atoms with Crippen molar-refractivity contribution >= 4 is 5.97 Å². The van der Waals surface area contributed by atoms with Crippen molar-refractivity contribution in [3.63, 3.8) is 0 Å². The predicted molar refractivity (Wildman–Crippen MR) is 43.3 cm³/mol. The van der Waals surface area contributed by atoms with Crippen molar-refractivity contribution in [2.45, 2.75) is 26.9 Å². The molecule has 0 heterocycles. The van der Waals surface area contributed by atoms with Crippen LogP contribution in [0.1, 0.15) is 20.8 Å². The Morgan fingerprint density at radius 1 is 1.46 bits per heavy atom. The Bertz CT molecular complexity index is 191. The van der Waals surface area contributed by atoms with E-state index < -0.39 is 17.7 Å². The van der Waals surface area contributed by atoms with E-state index in [0.29, 0.717) is 0 Å². The highest BCUT2D eigenvalue weighted by Crippen LogP contribution is 2.05. The average molecular weight is 191 g/mol. The number of hydrogen-bond donors (Lipinski definition) is 0. The molecule has 0 saturated heterocycles. The minimum atomic E-state index is -1.03. The third kappa shape index (κ3) is 5.89. The molecule has 1 unspecified atom stereocenters. The summed E-state index contributed by atoms with van der Waals surface area (Å²) in [6.07, 6.45) is -0.261. The van der Waals surface area contributed by atoms with E-state index >= 15 is 0 Å². The molecule has 0 bridgehead atoms. The maximum atomic E-state index is 10.8. The van der Waals surface area contributed by atoms with Gasteiger partial charge in [-0.1, -0.05) is 13.8 Å². The van der Waals surface area contributed by atoms with E-state index in [1.165, 1.54) is 0 Å². The van der Waals surface area contributed by atoms with Gasteiger partial charge in [0.25, 0.3) is 5.09 Å². The van der Waals surface area contributed by atoms with E-state index in [9.17, 15) is 14.9 Å². The number of carbonyl (C=O) groups is 1. The second-order valence-electron chi connectivity index (χ2n) is 2.94. The largest absolute Gasteiger partial charge is 0.461 e. The Hall–Kier alpha value is -1.33. The van der Waals surface area contributed by atoms with Gasteiger partial charge in [-0.15, -0.1) is 10.1 Å². The van der Waals surface area contributed by atoms with Gasteiger partial charge in [0.15, 0.2) is 6.61 Å². The standard InChI is InChI=1S/C7H13NO5/c1-5(2)6(3)13-7(9)4-12-8(10)11/h5-6H,4H2,1-3H3. The minimum Gasteiger partial charge on any atom is -0.461 e. The first-order valence-electron chi connectivity index (χ1n) is 3.90. The molecule has 0 aromatic heterocycles. The van der Waals surface area contributed by atoms with E-state index in [4.69, 9.17) is 4.74 Å². The van der Waals surface area contributed by atoms with Crippen molar-refractivity contribution in [3.05, 3.63) is 10.1 Å². The number of ether oxygens (including phenoxy) is 1. The maximum absolute atomic E-state index is 10.8. The molecule has 0 radical (unpaired) electrons. The molecule has 0 spiro atoms. The van der Waals surface area contributed by atoms with Crippen molar-refractivity contribution in [2.75, 3.05) is 6.61 Å². The third-order valence-electron chi connectivity index (χ3n) is 1.54. The smallest absolute Gasteiger partial charge is 0.332 e. The number of esters is 1. The van der Waals surface area contributed by atoms with Crippen LogP contribution in [0.3, 0.4) is 0 Å². The highest BCUT2D eigenvalue weighted by atomic mass is 17.0. The van der Waals surface area contributed by atoms with Gasteiger partial charge in [0, 0.05) is 0 Å². The summed E-state index contributed by atoms with van der Waals surface area (Å²) >= 11 is 0. The minimum absolute atomic E-state index is 0.180. The summed E-state index contributed by atoms with van der Waals surface area (Å²) in [5.41, 5.74) is 0. The first-order chi connectivity index (χ1) is 5.93. The fourth-order valence-electron chi connectivity index (χ4n) is 0.483. The van der Waals surface area contributed by atoms with E-state index in [1.807, 2.05) is 13.8 Å². The lowest BCUT2D eigenvalue weighted by atomic mass is 10.1. The quantitative estimate of drug-likeness (QED) is 0.364. The molecule has 1 atom stereocenters. The van der Waals surface area contributed by atoms with E-state index in [0.717, 1.165) is 0 Å². The molecule has 0 saturated carbocycles. The van der Waals surface area contributed by atoms with Gasteiger partial charge in [0.2, 0.25) is 0 Å². The van der Waals surface area contributed by atoms with Gasteiger partial charge in [0.1, 0.15) is 6.10 Å². The molecule has 0 aromatic carbocycles. The van der Waals surface area contributed by atoms with Gasteiger partial charge >= 0.3 is 5.97 Å². The molecule has 0 aliphatic rings. The van der Waals surface area contributed by atoms with Gasteiger partial charge in [0.05, 0.1) is 0 Å². The second kappa shape index (κ2) is 5.34. The molecule has 0 N–H and O–H groups in total. The zero-order chi connectivity index (χ0) is 10.4. The van der Waals surface area contributed by atoms with Gasteiger partial charge in [-0.25, -0.2) is 4.79 Å². The lowest BCUT2D eigenvalue weighted by Crippen LogP contribution is -2.24. The predicted octanol–water partition coefficient (Wildman–Crippen LogP) is 0.782. The topological polar surface area (TPSA) is 78.7 Å². The Morgan fingerprint density at radius 2 is 2.00 bits per heavy atom. The van der Waals surface area contributed by atoms with E-state index in [-0.39, 0.29) is 12.0 Å². The third-order valence-corrected chi connectivity index (χ3v) is 1.54. The maximum Gasteiger partial charge on any atom is 0.332 e. The van der Waals surface area contributed by atoms with Crippen molar-refractivity contribution in [3.8, 4) is 0 Å². The molecule has 0 aromatic rings. The first-order valence-corrected chi connectivity index (χ1v) is 3.90. The monoisotopic (exact) mass is 191 g/mol. The van der Waals surface area contributed by atoms with E-state index in [1.54, 1.807) is 6.92 Å². The van der Waals surface area contributed by atoms with Crippen molar-refractivity contribution in [2.24, 2.45) is 5.92 Å². The summed E-state index contributed by atoms with van der Waals surface area (Å²) in [6, 6.07) is 0. The molecule has 76 valence electrons. The Balaban J connectivity index is 3.68. The van der Waals surface area contributed by atoms with E-state index in [2.05, 4.69) is 4.84 Å². The van der Waals surface area contributed by atoms with Crippen LogP contribution in [0.2, 0.25) is 0 Å². The molecule has 0 aliphatic carbocycles. The molecular formula is C7H13NO5. The number of nitrogens with zero attached hydrogens (tertiary/aromatic N) is 1. The highest BCUT2D eigenvalue weighted by Gasteiger charge is 2.13. The van der Waals surface area contributed by atoms with Crippen LogP contribution in [0.5, 0.6) is 0 Å². The number of carbonyl (C=O) groups excluding carboxylic acids is 1. The molecular weight excluding hydrogens is 178 g/mol. The molecule has 6 nitrogen and oxygen atoms in total. The number of hydrogen-bond acceptors (Lipinski definition) is 5. The van der Waals surface area contributed by atoms with Gasteiger partial charge in [-0.3, -0.25) is 0 Å². The molecule has 0 aliphatic heterocycles. The van der Waals surface area contributed by atoms with Crippen molar-refractivity contribution < 1.29 is 19.5 Å². The van der Waals surface area contributed by atoms with Crippen LogP contribution in [-0.2, 0) is 14.4 Å². The summed E-state index contributed by atoms with van der Waals surface area (Å²) < 4.78 is 4.79. The number of rotatable bonds is 5. The lowest BCUT2D eigenvalue weighted by molar-refractivity contribution is -0.754. The fourth-order valence-corrected chi connectivity index (χ4v) is 0.483. The molecule has 6 heteroatoms. The van der Waals surface area contributed by atoms with Crippen molar-refractivity contribution in [1.29, 1.82) is 0 Å². The average Bonchev–Trinajstić information content (AvgIpc) is 2.00. The van der Waals surface area contributed by atoms with Gasteiger partial charge in [-0.05, 0) is 12.8 Å². The molecule has 0 fully saturated rings. The van der Waals surface area contributed by atoms with Gasteiger partial charge < -0.3 is 9.57 Å². The molecule has 0 rings (SSSR count). The zero-order valence-electron chi connectivity index (χ0n) is 7.85. The molecule has 13 heavy (non-hydrogen) atoms.